The highest BCUT2D eigenvalue weighted by Crippen LogP contribution is 2.31. The molecule has 0 radical (unpaired) electrons. The Balaban J connectivity index is 2.24. The van der Waals surface area contributed by atoms with Crippen LogP contribution in [0.5, 0.6) is 28.7 Å². The predicted octanol–water partition coefficient (Wildman–Crippen LogP) is 5.70. The number of rotatable bonds is 12. The Labute approximate surface area is 232 Å². The highest BCUT2D eigenvalue weighted by atomic mass is 16.6. The zero-order valence-electron chi connectivity index (χ0n) is 22.8. The van der Waals surface area contributed by atoms with Crippen molar-refractivity contribution >= 4 is 30.0 Å². The maximum atomic E-state index is 12.1. The smallest absolute Gasteiger partial charge is 0.338 e. The van der Waals surface area contributed by atoms with Gasteiger partial charge in [-0.3, -0.25) is 0 Å². The Bertz CT molecular complexity index is 1380. The van der Waals surface area contributed by atoms with E-state index in [0.717, 1.165) is 0 Å². The molecular weight excluding hydrogens is 516 g/mol. The standard InChI is InChI=1S/C31H30O9/c1-18(2)28(32)37-24-15-23(16-25(17-24)38-29(33)19(3)4)36-13-9-10-22-11-12-26(39-30(34)20(5)6)27(14-22)40-31(35)21(7)8/h9-12,14-17H,1,3,5,7,13H2,2,4,6,8H3. The molecule has 0 aliphatic carbocycles. The van der Waals surface area contributed by atoms with Crippen LogP contribution in [0.3, 0.4) is 0 Å². The van der Waals surface area contributed by atoms with Crippen LogP contribution < -0.4 is 23.7 Å². The molecule has 0 N–H and O–H groups in total. The maximum absolute atomic E-state index is 12.1. The lowest BCUT2D eigenvalue weighted by Gasteiger charge is -2.12. The van der Waals surface area contributed by atoms with Crippen LogP contribution in [-0.4, -0.2) is 30.5 Å². The lowest BCUT2D eigenvalue weighted by Crippen LogP contribution is -2.12. The lowest BCUT2D eigenvalue weighted by molar-refractivity contribution is -0.132. The molecule has 2 rings (SSSR count). The summed E-state index contributed by atoms with van der Waals surface area (Å²) in [7, 11) is 0. The van der Waals surface area contributed by atoms with E-state index in [4.69, 9.17) is 23.7 Å². The average molecular weight is 547 g/mol. The zero-order chi connectivity index (χ0) is 30.0. The predicted molar refractivity (Wildman–Crippen MR) is 149 cm³/mol. The van der Waals surface area contributed by atoms with Gasteiger partial charge in [0.2, 0.25) is 0 Å². The summed E-state index contributed by atoms with van der Waals surface area (Å²) in [6, 6.07) is 8.89. The Hall–Kier alpha value is -5.18. The minimum atomic E-state index is -0.688. The van der Waals surface area contributed by atoms with E-state index in [1.54, 1.807) is 18.2 Å². The molecule has 9 heteroatoms. The van der Waals surface area contributed by atoms with Gasteiger partial charge in [0.1, 0.15) is 23.9 Å². The van der Waals surface area contributed by atoms with Crippen LogP contribution >= 0.6 is 0 Å². The second-order valence-electron chi connectivity index (χ2n) is 8.74. The molecule has 0 heterocycles. The van der Waals surface area contributed by atoms with Crippen molar-refractivity contribution in [3.8, 4) is 28.7 Å². The second kappa shape index (κ2) is 14.1. The molecule has 0 saturated heterocycles. The van der Waals surface area contributed by atoms with Crippen LogP contribution in [0.15, 0.2) is 91.1 Å². The van der Waals surface area contributed by atoms with Crippen LogP contribution in [-0.2, 0) is 19.2 Å². The molecule has 208 valence electrons. The van der Waals surface area contributed by atoms with Gasteiger partial charge in [0.05, 0.1) is 0 Å². The third kappa shape index (κ3) is 9.60. The highest BCUT2D eigenvalue weighted by molar-refractivity contribution is 5.91. The van der Waals surface area contributed by atoms with E-state index in [0.29, 0.717) is 5.56 Å². The Morgan fingerprint density at radius 3 is 1.50 bits per heavy atom. The minimum absolute atomic E-state index is 0.0154. The van der Waals surface area contributed by atoms with Crippen LogP contribution in [0.2, 0.25) is 0 Å². The van der Waals surface area contributed by atoms with Gasteiger partial charge in [0.15, 0.2) is 11.5 Å². The molecule has 0 unspecified atom stereocenters. The van der Waals surface area contributed by atoms with Crippen LogP contribution in [0.25, 0.3) is 6.08 Å². The monoisotopic (exact) mass is 546 g/mol. The Kier molecular flexibility index (Phi) is 10.9. The number of benzene rings is 2. The van der Waals surface area contributed by atoms with Crippen LogP contribution in [0, 0.1) is 0 Å². The van der Waals surface area contributed by atoms with Gasteiger partial charge >= 0.3 is 23.9 Å². The summed E-state index contributed by atoms with van der Waals surface area (Å²) in [5, 5.41) is 0. The summed E-state index contributed by atoms with van der Waals surface area (Å²) in [5.41, 5.74) is 1.31. The molecule has 2 aromatic rings. The second-order valence-corrected chi connectivity index (χ2v) is 8.74. The van der Waals surface area contributed by atoms with E-state index >= 15 is 0 Å². The number of ether oxygens (including phenoxy) is 5. The molecule has 0 saturated carbocycles. The van der Waals surface area contributed by atoms with Gasteiger partial charge in [-0.15, -0.1) is 0 Å². The third-order valence-corrected chi connectivity index (χ3v) is 4.70. The van der Waals surface area contributed by atoms with Gasteiger partial charge in [-0.05, 0) is 51.5 Å². The number of esters is 4. The summed E-state index contributed by atoms with van der Waals surface area (Å²) in [5.74, 6) is -2.20. The molecule has 0 aliphatic rings. The first kappa shape index (κ1) is 31.0. The molecule has 0 aliphatic heterocycles. The van der Waals surface area contributed by atoms with Gasteiger partial charge in [0, 0.05) is 40.5 Å². The number of carbonyl (C=O) groups excluding carboxylic acids is 4. The molecule has 2 aromatic carbocycles. The number of hydrogen-bond donors (Lipinski definition) is 0. The molecule has 0 fully saturated rings. The van der Waals surface area contributed by atoms with E-state index in [2.05, 4.69) is 26.3 Å². The lowest BCUT2D eigenvalue weighted by atomic mass is 10.2. The SMILES string of the molecule is C=C(C)C(=O)Oc1cc(OCC=Cc2ccc(OC(=O)C(=C)C)c(OC(=O)C(=C)C)c2)cc(OC(=O)C(=C)C)c1. The van der Waals surface area contributed by atoms with Gasteiger partial charge < -0.3 is 23.7 Å². The molecule has 0 spiro atoms. The Morgan fingerprint density at radius 2 is 1.02 bits per heavy atom. The first-order chi connectivity index (χ1) is 18.8. The normalized spacial score (nSPS) is 10.3. The van der Waals surface area contributed by atoms with Crippen molar-refractivity contribution in [2.75, 3.05) is 6.61 Å². The maximum Gasteiger partial charge on any atom is 0.338 e. The molecule has 0 atom stereocenters. The molecule has 0 amide bonds. The molecular formula is C31H30O9. The minimum Gasteiger partial charge on any atom is -0.489 e. The van der Waals surface area contributed by atoms with Crippen molar-refractivity contribution in [2.24, 2.45) is 0 Å². The van der Waals surface area contributed by atoms with Crippen LogP contribution in [0.1, 0.15) is 33.3 Å². The fourth-order valence-corrected chi connectivity index (χ4v) is 2.63. The third-order valence-electron chi connectivity index (χ3n) is 4.70. The van der Waals surface area contributed by atoms with E-state index in [1.807, 2.05) is 0 Å². The van der Waals surface area contributed by atoms with E-state index in [1.165, 1.54) is 58.0 Å². The van der Waals surface area contributed by atoms with Gasteiger partial charge in [-0.1, -0.05) is 38.5 Å². The van der Waals surface area contributed by atoms with Gasteiger partial charge in [-0.2, -0.15) is 0 Å². The first-order valence-corrected chi connectivity index (χ1v) is 11.9. The van der Waals surface area contributed by atoms with Crippen molar-refractivity contribution in [2.45, 2.75) is 27.7 Å². The van der Waals surface area contributed by atoms with Crippen molar-refractivity contribution in [1.82, 2.24) is 0 Å². The van der Waals surface area contributed by atoms with Crippen molar-refractivity contribution in [3.63, 3.8) is 0 Å². The van der Waals surface area contributed by atoms with Crippen LogP contribution in [0.4, 0.5) is 0 Å². The van der Waals surface area contributed by atoms with Gasteiger partial charge in [0.25, 0.3) is 0 Å². The summed E-state index contributed by atoms with van der Waals surface area (Å²) in [4.78, 5) is 48.0. The number of hydrogen-bond acceptors (Lipinski definition) is 9. The summed E-state index contributed by atoms with van der Waals surface area (Å²) >= 11 is 0. The van der Waals surface area contributed by atoms with Crippen molar-refractivity contribution in [1.29, 1.82) is 0 Å². The van der Waals surface area contributed by atoms with E-state index in [9.17, 15) is 19.2 Å². The fraction of sp³-hybridized carbons (Fsp3) is 0.161. The molecule has 0 bridgehead atoms. The zero-order valence-corrected chi connectivity index (χ0v) is 22.8. The van der Waals surface area contributed by atoms with E-state index in [-0.39, 0.29) is 57.6 Å². The fourth-order valence-electron chi connectivity index (χ4n) is 2.63. The largest absolute Gasteiger partial charge is 0.489 e. The quantitative estimate of drug-likeness (QED) is 0.188. The van der Waals surface area contributed by atoms with Crippen molar-refractivity contribution < 1.29 is 42.9 Å². The van der Waals surface area contributed by atoms with Crippen molar-refractivity contribution in [3.05, 3.63) is 96.6 Å². The van der Waals surface area contributed by atoms with Gasteiger partial charge in [-0.25, -0.2) is 19.2 Å². The number of carbonyl (C=O) groups is 4. The summed E-state index contributed by atoms with van der Waals surface area (Å²) < 4.78 is 26.8. The molecule has 0 aromatic heterocycles. The average Bonchev–Trinajstić information content (AvgIpc) is 2.87. The topological polar surface area (TPSA) is 114 Å². The Morgan fingerprint density at radius 1 is 0.600 bits per heavy atom. The van der Waals surface area contributed by atoms with E-state index < -0.39 is 23.9 Å². The molecule has 40 heavy (non-hydrogen) atoms. The highest BCUT2D eigenvalue weighted by Gasteiger charge is 2.16. The summed E-state index contributed by atoms with van der Waals surface area (Å²) in [6.45, 7) is 20.2. The molecule has 9 nitrogen and oxygen atoms in total. The first-order valence-electron chi connectivity index (χ1n) is 11.9. The summed E-state index contributed by atoms with van der Waals surface area (Å²) in [6.07, 6.45) is 3.33.